The molecule has 0 atom stereocenters. The Morgan fingerprint density at radius 3 is 2.45 bits per heavy atom. The summed E-state index contributed by atoms with van der Waals surface area (Å²) in [5, 5.41) is 20.9. The molecule has 3 rings (SSSR count). The zero-order chi connectivity index (χ0) is 21.0. The Morgan fingerprint density at radius 1 is 0.966 bits per heavy atom. The third-order valence-corrected chi connectivity index (χ3v) is 4.76. The second-order valence-corrected chi connectivity index (χ2v) is 6.72. The highest BCUT2D eigenvalue weighted by Gasteiger charge is 2.18. The first kappa shape index (κ1) is 20.4. The van der Waals surface area contributed by atoms with Crippen LogP contribution in [-0.4, -0.2) is 29.4 Å². The van der Waals surface area contributed by atoms with E-state index in [0.29, 0.717) is 40.1 Å². The van der Waals surface area contributed by atoms with Gasteiger partial charge in [-0.15, -0.1) is 0 Å². The van der Waals surface area contributed by atoms with Gasteiger partial charge in [-0.25, -0.2) is 0 Å². The van der Waals surface area contributed by atoms with E-state index in [9.17, 15) is 15.0 Å². The highest BCUT2D eigenvalue weighted by molar-refractivity contribution is 5.92. The monoisotopic (exact) mass is 399 g/mol. The van der Waals surface area contributed by atoms with Gasteiger partial charge in [0, 0.05) is 17.5 Å². The van der Waals surface area contributed by atoms with Crippen LogP contribution in [0, 0.1) is 0 Å². The Kier molecular flexibility index (Phi) is 6.16. The van der Waals surface area contributed by atoms with Crippen molar-refractivity contribution in [2.45, 2.75) is 32.6 Å². The quantitative estimate of drug-likeness (QED) is 0.483. The van der Waals surface area contributed by atoms with Gasteiger partial charge in [-0.3, -0.25) is 4.79 Å². The Labute approximate surface area is 168 Å². The first-order valence-electron chi connectivity index (χ1n) is 9.49. The van der Waals surface area contributed by atoms with E-state index in [1.54, 1.807) is 18.2 Å². The molecule has 29 heavy (non-hydrogen) atoms. The van der Waals surface area contributed by atoms with Crippen LogP contribution in [0.4, 0.5) is 0 Å². The van der Waals surface area contributed by atoms with Crippen LogP contribution in [0.25, 0.3) is 10.9 Å². The minimum absolute atomic E-state index is 0.0347. The molecule has 0 aliphatic rings. The first-order valence-corrected chi connectivity index (χ1v) is 9.49. The Hall–Kier alpha value is -3.35. The lowest BCUT2D eigenvalue weighted by molar-refractivity contribution is 0.372. The molecule has 0 unspecified atom stereocenters. The molecule has 0 fully saturated rings. The van der Waals surface area contributed by atoms with Gasteiger partial charge in [0.25, 0.3) is 5.56 Å². The highest BCUT2D eigenvalue weighted by atomic mass is 16.5. The lowest BCUT2D eigenvalue weighted by Gasteiger charge is -2.15. The number of benzene rings is 2. The van der Waals surface area contributed by atoms with Crippen LogP contribution >= 0.6 is 0 Å². The van der Waals surface area contributed by atoms with E-state index in [0.717, 1.165) is 19.3 Å². The zero-order valence-corrected chi connectivity index (χ0v) is 16.7. The fourth-order valence-corrected chi connectivity index (χ4v) is 3.21. The third kappa shape index (κ3) is 4.23. The summed E-state index contributed by atoms with van der Waals surface area (Å²) in [5.74, 6) is 1.38. The number of phenolic OH excluding ortho intramolecular Hbond substituents is 1. The Bertz CT molecular complexity index is 1070. The highest BCUT2D eigenvalue weighted by Crippen LogP contribution is 2.40. The maximum Gasteiger partial charge on any atom is 0.255 e. The maximum absolute atomic E-state index is 12.6. The molecule has 0 amide bonds. The minimum atomic E-state index is -0.348. The summed E-state index contributed by atoms with van der Waals surface area (Å²) in [6, 6.07) is 7.71. The van der Waals surface area contributed by atoms with Gasteiger partial charge in [0.1, 0.15) is 17.2 Å². The summed E-state index contributed by atoms with van der Waals surface area (Å²) >= 11 is 0. The van der Waals surface area contributed by atoms with E-state index in [4.69, 9.17) is 14.2 Å². The van der Waals surface area contributed by atoms with Crippen LogP contribution < -0.4 is 19.8 Å². The van der Waals surface area contributed by atoms with E-state index in [1.165, 1.54) is 26.4 Å². The van der Waals surface area contributed by atoms with Gasteiger partial charge >= 0.3 is 0 Å². The molecule has 0 saturated heterocycles. The number of nitrogens with one attached hydrogen (secondary N) is 1. The van der Waals surface area contributed by atoms with Gasteiger partial charge in [0.05, 0.1) is 25.3 Å². The SMILES string of the molecule is CCCCCc1c(O)c2cc(OC)cc(Oc3ccc(O)cc3OC)c2[nH]c1=O. The molecule has 0 spiro atoms. The number of H-pyrrole nitrogens is 1. The molecule has 2 aromatic carbocycles. The molecule has 0 saturated carbocycles. The second kappa shape index (κ2) is 8.77. The van der Waals surface area contributed by atoms with Crippen molar-refractivity contribution >= 4 is 10.9 Å². The topological polar surface area (TPSA) is 101 Å². The summed E-state index contributed by atoms with van der Waals surface area (Å²) < 4.78 is 16.6. The number of methoxy groups -OCH3 is 2. The van der Waals surface area contributed by atoms with Crippen molar-refractivity contribution in [1.82, 2.24) is 4.98 Å². The molecule has 154 valence electrons. The van der Waals surface area contributed by atoms with E-state index in [1.807, 2.05) is 0 Å². The lowest BCUT2D eigenvalue weighted by Crippen LogP contribution is -2.13. The molecule has 1 heterocycles. The number of phenols is 1. The summed E-state index contributed by atoms with van der Waals surface area (Å²) in [6.45, 7) is 2.08. The van der Waals surface area contributed by atoms with E-state index >= 15 is 0 Å². The summed E-state index contributed by atoms with van der Waals surface area (Å²) in [4.78, 5) is 15.4. The van der Waals surface area contributed by atoms with Gasteiger partial charge in [-0.2, -0.15) is 0 Å². The molecule has 1 aromatic heterocycles. The van der Waals surface area contributed by atoms with Crippen LogP contribution in [0.3, 0.4) is 0 Å². The van der Waals surface area contributed by atoms with Crippen LogP contribution in [0.15, 0.2) is 35.1 Å². The maximum atomic E-state index is 12.6. The van der Waals surface area contributed by atoms with Crippen molar-refractivity contribution in [2.24, 2.45) is 0 Å². The van der Waals surface area contributed by atoms with E-state index < -0.39 is 0 Å². The van der Waals surface area contributed by atoms with Gasteiger partial charge < -0.3 is 29.4 Å². The number of aromatic hydroxyl groups is 2. The molecule has 0 aliphatic heterocycles. The van der Waals surface area contributed by atoms with Crippen molar-refractivity contribution in [3.05, 3.63) is 46.2 Å². The smallest absolute Gasteiger partial charge is 0.255 e. The van der Waals surface area contributed by atoms with Crippen LogP contribution in [-0.2, 0) is 6.42 Å². The van der Waals surface area contributed by atoms with E-state index in [2.05, 4.69) is 11.9 Å². The predicted molar refractivity (Wildman–Crippen MR) is 111 cm³/mol. The zero-order valence-electron chi connectivity index (χ0n) is 16.7. The standard InChI is InChI=1S/C22H25NO6/c1-4-5-6-7-15-21(25)16-11-14(27-2)12-19(20(16)23-22(15)26)29-17-9-8-13(24)10-18(17)28-3/h8-12,24H,4-7H2,1-3H3,(H2,23,25,26). The molecular weight excluding hydrogens is 374 g/mol. The van der Waals surface area contributed by atoms with Crippen LogP contribution in [0.1, 0.15) is 31.7 Å². The second-order valence-electron chi connectivity index (χ2n) is 6.72. The number of ether oxygens (including phenoxy) is 3. The van der Waals surface area contributed by atoms with Crippen molar-refractivity contribution in [2.75, 3.05) is 14.2 Å². The van der Waals surface area contributed by atoms with Gasteiger partial charge in [-0.1, -0.05) is 19.8 Å². The van der Waals surface area contributed by atoms with Crippen molar-refractivity contribution in [1.29, 1.82) is 0 Å². The molecular formula is C22H25NO6. The van der Waals surface area contributed by atoms with E-state index in [-0.39, 0.29) is 22.8 Å². The summed E-state index contributed by atoms with van der Waals surface area (Å²) in [6.07, 6.45) is 3.30. The van der Waals surface area contributed by atoms with Crippen LogP contribution in [0.5, 0.6) is 34.5 Å². The molecule has 0 aliphatic carbocycles. The fraction of sp³-hybridized carbons (Fsp3) is 0.318. The number of aromatic amines is 1. The first-order chi connectivity index (χ1) is 14.0. The van der Waals surface area contributed by atoms with Crippen molar-refractivity contribution in [3.8, 4) is 34.5 Å². The van der Waals surface area contributed by atoms with Crippen molar-refractivity contribution < 1.29 is 24.4 Å². The molecule has 7 heteroatoms. The summed E-state index contributed by atoms with van der Waals surface area (Å²) in [7, 11) is 2.97. The average molecular weight is 399 g/mol. The van der Waals surface area contributed by atoms with Gasteiger partial charge in [0.15, 0.2) is 17.2 Å². The molecule has 3 aromatic rings. The molecule has 0 bridgehead atoms. The Morgan fingerprint density at radius 2 is 1.76 bits per heavy atom. The fourth-order valence-electron chi connectivity index (χ4n) is 3.21. The number of unbranched alkanes of at least 4 members (excludes halogenated alkanes) is 2. The molecule has 7 nitrogen and oxygen atoms in total. The number of aromatic nitrogens is 1. The number of rotatable bonds is 8. The average Bonchev–Trinajstić information content (AvgIpc) is 2.72. The third-order valence-electron chi connectivity index (χ3n) is 4.76. The number of fused-ring (bicyclic) bond motifs is 1. The van der Waals surface area contributed by atoms with Crippen molar-refractivity contribution in [3.63, 3.8) is 0 Å². The molecule has 0 radical (unpaired) electrons. The Balaban J connectivity index is 2.13. The molecule has 3 N–H and O–H groups in total. The number of hydrogen-bond donors (Lipinski definition) is 3. The van der Waals surface area contributed by atoms with Gasteiger partial charge in [0.2, 0.25) is 0 Å². The van der Waals surface area contributed by atoms with Crippen LogP contribution in [0.2, 0.25) is 0 Å². The van der Waals surface area contributed by atoms with Gasteiger partial charge in [-0.05, 0) is 31.0 Å². The number of pyridine rings is 1. The number of hydrogen-bond acceptors (Lipinski definition) is 6. The largest absolute Gasteiger partial charge is 0.508 e. The predicted octanol–water partition coefficient (Wildman–Crippen LogP) is 4.48. The lowest BCUT2D eigenvalue weighted by atomic mass is 10.0. The minimum Gasteiger partial charge on any atom is -0.508 e. The summed E-state index contributed by atoms with van der Waals surface area (Å²) in [5.41, 5.74) is 0.355. The normalized spacial score (nSPS) is 10.9.